The predicted octanol–water partition coefficient (Wildman–Crippen LogP) is 3.19. The number of amides is 1. The van der Waals surface area contributed by atoms with Crippen LogP contribution in [0.5, 0.6) is 5.75 Å². The Morgan fingerprint density at radius 2 is 1.87 bits per heavy atom. The van der Waals surface area contributed by atoms with E-state index in [0.29, 0.717) is 16.8 Å². The van der Waals surface area contributed by atoms with Gasteiger partial charge in [0.05, 0.1) is 12.5 Å². The second-order valence-electron chi connectivity index (χ2n) is 4.80. The van der Waals surface area contributed by atoms with Gasteiger partial charge in [0.25, 0.3) is 5.91 Å². The molecule has 1 heterocycles. The van der Waals surface area contributed by atoms with Crippen LogP contribution in [0.1, 0.15) is 10.6 Å². The Kier molecular flexibility index (Phi) is 3.80. The molecule has 0 unspecified atom stereocenters. The molecule has 5 nitrogen and oxygen atoms in total. The SMILES string of the molecule is COc1ccc2c(=O)cc(C(=O)Nc3ccc(F)cc3)oc2c1. The van der Waals surface area contributed by atoms with E-state index >= 15 is 0 Å². The van der Waals surface area contributed by atoms with Crippen LogP contribution in [0, 0.1) is 5.82 Å². The maximum absolute atomic E-state index is 12.9. The minimum atomic E-state index is -0.599. The second-order valence-corrected chi connectivity index (χ2v) is 4.80. The predicted molar refractivity (Wildman–Crippen MR) is 83.4 cm³/mol. The molecule has 0 saturated carbocycles. The lowest BCUT2D eigenvalue weighted by Crippen LogP contribution is -2.15. The summed E-state index contributed by atoms with van der Waals surface area (Å²) in [6.45, 7) is 0. The number of hydrogen-bond acceptors (Lipinski definition) is 4. The molecule has 2 aromatic carbocycles. The van der Waals surface area contributed by atoms with Gasteiger partial charge in [0.2, 0.25) is 0 Å². The van der Waals surface area contributed by atoms with Gasteiger partial charge in [-0.3, -0.25) is 9.59 Å². The fourth-order valence-corrected chi connectivity index (χ4v) is 2.10. The third-order valence-electron chi connectivity index (χ3n) is 3.26. The number of carbonyl (C=O) groups excluding carboxylic acids is 1. The molecule has 1 N–H and O–H groups in total. The van der Waals surface area contributed by atoms with Gasteiger partial charge in [0, 0.05) is 17.8 Å². The van der Waals surface area contributed by atoms with Crippen molar-refractivity contribution < 1.29 is 18.3 Å². The Morgan fingerprint density at radius 3 is 2.57 bits per heavy atom. The van der Waals surface area contributed by atoms with Gasteiger partial charge in [-0.1, -0.05) is 0 Å². The highest BCUT2D eigenvalue weighted by molar-refractivity contribution is 6.02. The molecule has 0 fully saturated rings. The minimum Gasteiger partial charge on any atom is -0.497 e. The summed E-state index contributed by atoms with van der Waals surface area (Å²) in [6.07, 6.45) is 0. The van der Waals surface area contributed by atoms with Crippen LogP contribution in [0.2, 0.25) is 0 Å². The number of halogens is 1. The van der Waals surface area contributed by atoms with Crippen LogP contribution in [-0.4, -0.2) is 13.0 Å². The van der Waals surface area contributed by atoms with Crippen LogP contribution in [0.25, 0.3) is 11.0 Å². The number of fused-ring (bicyclic) bond motifs is 1. The highest BCUT2D eigenvalue weighted by atomic mass is 19.1. The number of ether oxygens (including phenoxy) is 1. The Balaban J connectivity index is 1.96. The summed E-state index contributed by atoms with van der Waals surface area (Å²) in [6, 6.07) is 11.1. The van der Waals surface area contributed by atoms with Crippen LogP contribution in [-0.2, 0) is 0 Å². The molecule has 0 atom stereocenters. The topological polar surface area (TPSA) is 68.5 Å². The zero-order valence-electron chi connectivity index (χ0n) is 12.1. The first-order valence-corrected chi connectivity index (χ1v) is 6.75. The van der Waals surface area contributed by atoms with Crippen molar-refractivity contribution in [2.24, 2.45) is 0 Å². The van der Waals surface area contributed by atoms with E-state index in [1.54, 1.807) is 12.1 Å². The highest BCUT2D eigenvalue weighted by Gasteiger charge is 2.13. The summed E-state index contributed by atoms with van der Waals surface area (Å²) >= 11 is 0. The van der Waals surface area contributed by atoms with Crippen molar-refractivity contribution in [3.05, 3.63) is 70.3 Å². The van der Waals surface area contributed by atoms with Crippen LogP contribution in [0.15, 0.2) is 57.7 Å². The third-order valence-corrected chi connectivity index (χ3v) is 3.26. The van der Waals surface area contributed by atoms with Crippen molar-refractivity contribution in [3.8, 4) is 5.75 Å². The largest absolute Gasteiger partial charge is 0.497 e. The van der Waals surface area contributed by atoms with Crippen molar-refractivity contribution in [2.45, 2.75) is 0 Å². The molecule has 3 rings (SSSR count). The summed E-state index contributed by atoms with van der Waals surface area (Å²) in [5, 5.41) is 2.89. The smallest absolute Gasteiger partial charge is 0.291 e. The van der Waals surface area contributed by atoms with Crippen LogP contribution >= 0.6 is 0 Å². The lowest BCUT2D eigenvalue weighted by Gasteiger charge is -2.06. The van der Waals surface area contributed by atoms with Crippen molar-refractivity contribution in [3.63, 3.8) is 0 Å². The van der Waals surface area contributed by atoms with Gasteiger partial charge in [-0.2, -0.15) is 0 Å². The molecule has 6 heteroatoms. The molecule has 23 heavy (non-hydrogen) atoms. The second kappa shape index (κ2) is 5.92. The number of carbonyl (C=O) groups is 1. The normalized spacial score (nSPS) is 10.5. The van der Waals surface area contributed by atoms with E-state index in [2.05, 4.69) is 5.32 Å². The maximum atomic E-state index is 12.9. The Labute approximate surface area is 130 Å². The summed E-state index contributed by atoms with van der Waals surface area (Å²) in [4.78, 5) is 24.3. The van der Waals surface area contributed by atoms with Crippen LogP contribution in [0.4, 0.5) is 10.1 Å². The Bertz CT molecular complexity index is 931. The average Bonchev–Trinajstić information content (AvgIpc) is 2.56. The summed E-state index contributed by atoms with van der Waals surface area (Å²) in [5.74, 6) is -0.637. The van der Waals surface area contributed by atoms with Crippen molar-refractivity contribution in [1.82, 2.24) is 0 Å². The van der Waals surface area contributed by atoms with Gasteiger partial charge in [-0.15, -0.1) is 0 Å². The molecule has 0 spiro atoms. The first-order valence-electron chi connectivity index (χ1n) is 6.75. The summed E-state index contributed by atoms with van der Waals surface area (Å²) in [5.41, 5.74) is 0.309. The first kappa shape index (κ1) is 14.8. The highest BCUT2D eigenvalue weighted by Crippen LogP contribution is 2.20. The number of hydrogen-bond donors (Lipinski definition) is 1. The molecule has 116 valence electrons. The molecule has 0 bridgehead atoms. The van der Waals surface area contributed by atoms with E-state index < -0.39 is 11.7 Å². The van der Waals surface area contributed by atoms with Gasteiger partial charge in [0.15, 0.2) is 11.2 Å². The number of benzene rings is 2. The molecular formula is C17H12FNO4. The Hall–Kier alpha value is -3.15. The number of rotatable bonds is 3. The molecule has 0 aliphatic rings. The third kappa shape index (κ3) is 3.06. The van der Waals surface area contributed by atoms with Crippen LogP contribution in [0.3, 0.4) is 0 Å². The molecule has 0 radical (unpaired) electrons. The molecule has 0 aliphatic heterocycles. The van der Waals surface area contributed by atoms with E-state index in [0.717, 1.165) is 6.07 Å². The Morgan fingerprint density at radius 1 is 1.13 bits per heavy atom. The molecular weight excluding hydrogens is 301 g/mol. The van der Waals surface area contributed by atoms with E-state index in [-0.39, 0.29) is 16.8 Å². The molecule has 3 aromatic rings. The van der Waals surface area contributed by atoms with Crippen molar-refractivity contribution in [2.75, 3.05) is 12.4 Å². The molecule has 0 aliphatic carbocycles. The standard InChI is InChI=1S/C17H12FNO4/c1-22-12-6-7-13-14(20)9-16(23-15(13)8-12)17(21)19-11-4-2-10(18)3-5-11/h2-9H,1H3,(H,19,21). The zero-order valence-corrected chi connectivity index (χ0v) is 12.1. The van der Waals surface area contributed by atoms with Gasteiger partial charge in [-0.25, -0.2) is 4.39 Å². The van der Waals surface area contributed by atoms with Crippen molar-refractivity contribution in [1.29, 1.82) is 0 Å². The summed E-state index contributed by atoms with van der Waals surface area (Å²) < 4.78 is 23.4. The molecule has 0 saturated heterocycles. The van der Waals surface area contributed by atoms with Gasteiger partial charge < -0.3 is 14.5 Å². The average molecular weight is 313 g/mol. The number of nitrogens with one attached hydrogen (secondary N) is 1. The van der Waals surface area contributed by atoms with Gasteiger partial charge in [0.1, 0.15) is 17.1 Å². The van der Waals surface area contributed by atoms with E-state index in [4.69, 9.17) is 9.15 Å². The molecule has 1 aromatic heterocycles. The fraction of sp³-hybridized carbons (Fsp3) is 0.0588. The zero-order chi connectivity index (χ0) is 16.4. The fourth-order valence-electron chi connectivity index (χ4n) is 2.10. The van der Waals surface area contributed by atoms with Crippen LogP contribution < -0.4 is 15.5 Å². The molecule has 1 amide bonds. The van der Waals surface area contributed by atoms with Gasteiger partial charge >= 0.3 is 0 Å². The summed E-state index contributed by atoms with van der Waals surface area (Å²) in [7, 11) is 1.49. The van der Waals surface area contributed by atoms with Crippen molar-refractivity contribution >= 4 is 22.6 Å². The first-order chi connectivity index (χ1) is 11.1. The van der Waals surface area contributed by atoms with E-state index in [1.807, 2.05) is 0 Å². The lowest BCUT2D eigenvalue weighted by atomic mass is 10.2. The lowest BCUT2D eigenvalue weighted by molar-refractivity contribution is 0.0997. The van der Waals surface area contributed by atoms with E-state index in [9.17, 15) is 14.0 Å². The maximum Gasteiger partial charge on any atom is 0.291 e. The quantitative estimate of drug-likeness (QED) is 0.806. The monoisotopic (exact) mass is 313 g/mol. The number of anilines is 1. The number of methoxy groups -OCH3 is 1. The van der Waals surface area contributed by atoms with Gasteiger partial charge in [-0.05, 0) is 36.4 Å². The van der Waals surface area contributed by atoms with E-state index in [1.165, 1.54) is 37.4 Å². The minimum absolute atomic E-state index is 0.139.